The molecule has 0 unspecified atom stereocenters. The molecule has 0 bridgehead atoms. The van der Waals surface area contributed by atoms with Gasteiger partial charge in [0.05, 0.1) is 0 Å². The first-order chi connectivity index (χ1) is 8.48. The van der Waals surface area contributed by atoms with Crippen molar-refractivity contribution in [2.45, 2.75) is 47.3 Å². The van der Waals surface area contributed by atoms with Crippen molar-refractivity contribution in [1.29, 1.82) is 0 Å². The fourth-order valence-electron chi connectivity index (χ4n) is 2.39. The molecule has 1 aliphatic rings. The summed E-state index contributed by atoms with van der Waals surface area (Å²) in [6.07, 6.45) is 3.50. The van der Waals surface area contributed by atoms with Gasteiger partial charge in [0.1, 0.15) is 0 Å². The Labute approximate surface area is 116 Å². The molecule has 0 aromatic carbocycles. The molecule has 3 nitrogen and oxygen atoms in total. The third-order valence-corrected chi connectivity index (χ3v) is 3.47. The first-order valence-corrected chi connectivity index (χ1v) is 6.58. The first kappa shape index (κ1) is 16.1. The topological polar surface area (TPSA) is 35.5 Å². The molecule has 0 spiro atoms. The fourth-order valence-corrected chi connectivity index (χ4v) is 2.39. The Morgan fingerprint density at radius 3 is 1.74 bits per heavy atom. The zero-order valence-corrected chi connectivity index (χ0v) is 13.4. The van der Waals surface area contributed by atoms with E-state index in [9.17, 15) is 4.79 Å². The summed E-state index contributed by atoms with van der Waals surface area (Å²) in [7, 11) is 3.21. The van der Waals surface area contributed by atoms with E-state index in [4.69, 9.17) is 9.47 Å². The number of ketones is 1. The van der Waals surface area contributed by atoms with Crippen LogP contribution in [0.25, 0.3) is 0 Å². The smallest absolute Gasteiger partial charge is 0.212 e. The molecule has 19 heavy (non-hydrogen) atoms. The van der Waals surface area contributed by atoms with Gasteiger partial charge in [-0.1, -0.05) is 41.5 Å². The molecule has 0 aromatic rings. The number of rotatable bonds is 2. The molecule has 0 atom stereocenters. The number of methoxy groups -OCH3 is 2. The molecule has 0 saturated carbocycles. The first-order valence-electron chi connectivity index (χ1n) is 6.58. The van der Waals surface area contributed by atoms with Crippen LogP contribution in [0.4, 0.5) is 0 Å². The second-order valence-corrected chi connectivity index (χ2v) is 7.06. The minimum Gasteiger partial charge on any atom is -0.346 e. The van der Waals surface area contributed by atoms with E-state index in [2.05, 4.69) is 20.8 Å². The van der Waals surface area contributed by atoms with Crippen molar-refractivity contribution in [3.63, 3.8) is 0 Å². The molecular formula is C16H26O3. The number of ether oxygens (including phenoxy) is 2. The Kier molecular flexibility index (Phi) is 4.14. The molecule has 0 saturated heterocycles. The fraction of sp³-hybridized carbons (Fsp3) is 0.688. The van der Waals surface area contributed by atoms with Crippen molar-refractivity contribution in [2.75, 3.05) is 14.2 Å². The summed E-state index contributed by atoms with van der Waals surface area (Å²) >= 11 is 0. The van der Waals surface area contributed by atoms with Crippen LogP contribution in [0.3, 0.4) is 0 Å². The number of carbonyl (C=O) groups excluding carboxylic acids is 1. The second kappa shape index (κ2) is 4.88. The van der Waals surface area contributed by atoms with E-state index in [0.717, 1.165) is 11.1 Å². The Bertz CT molecular complexity index is 424. The zero-order valence-electron chi connectivity index (χ0n) is 13.4. The van der Waals surface area contributed by atoms with Gasteiger partial charge in [-0.15, -0.1) is 0 Å². The van der Waals surface area contributed by atoms with E-state index in [-0.39, 0.29) is 16.6 Å². The third-order valence-electron chi connectivity index (χ3n) is 3.47. The van der Waals surface area contributed by atoms with Crippen LogP contribution >= 0.6 is 0 Å². The van der Waals surface area contributed by atoms with Crippen molar-refractivity contribution < 1.29 is 14.3 Å². The lowest BCUT2D eigenvalue weighted by Crippen LogP contribution is -2.43. The molecule has 0 fully saturated rings. The van der Waals surface area contributed by atoms with Gasteiger partial charge in [-0.3, -0.25) is 4.79 Å². The van der Waals surface area contributed by atoms with Gasteiger partial charge in [0.2, 0.25) is 5.79 Å². The van der Waals surface area contributed by atoms with E-state index in [1.807, 2.05) is 26.8 Å². The average Bonchev–Trinajstić information content (AvgIpc) is 2.26. The number of hydrogen-bond acceptors (Lipinski definition) is 3. The maximum Gasteiger partial charge on any atom is 0.212 e. The molecule has 0 aromatic heterocycles. The minimum atomic E-state index is -0.950. The maximum absolute atomic E-state index is 12.4. The van der Waals surface area contributed by atoms with Gasteiger partial charge in [-0.05, 0) is 23.0 Å². The molecule has 0 aliphatic heterocycles. The number of hydrogen-bond donors (Lipinski definition) is 0. The molecule has 3 heteroatoms. The zero-order chi connectivity index (χ0) is 15.1. The van der Waals surface area contributed by atoms with Crippen LogP contribution in [0.2, 0.25) is 0 Å². The summed E-state index contributed by atoms with van der Waals surface area (Å²) in [5, 5.41) is 0. The van der Waals surface area contributed by atoms with Crippen molar-refractivity contribution in [1.82, 2.24) is 0 Å². The summed E-state index contributed by atoms with van der Waals surface area (Å²) in [4.78, 5) is 12.4. The van der Waals surface area contributed by atoms with Gasteiger partial charge in [0.15, 0.2) is 5.78 Å². The lowest BCUT2D eigenvalue weighted by atomic mass is 9.72. The van der Waals surface area contributed by atoms with Gasteiger partial charge in [-0.25, -0.2) is 0 Å². The monoisotopic (exact) mass is 266 g/mol. The highest BCUT2D eigenvalue weighted by Gasteiger charge is 2.44. The summed E-state index contributed by atoms with van der Waals surface area (Å²) in [6, 6.07) is 0. The van der Waals surface area contributed by atoms with Crippen LogP contribution < -0.4 is 0 Å². The van der Waals surface area contributed by atoms with Crippen LogP contribution in [-0.2, 0) is 14.3 Å². The number of allylic oxidation sites excluding steroid dienone is 2. The standard InChI is InChI=1S/C16H26O3/c1-14(2,3)11-10-16(18-7,19-8)13(9-12(11)17)15(4,5)6/h9-10H,1-8H3. The van der Waals surface area contributed by atoms with E-state index in [0.29, 0.717) is 0 Å². The van der Waals surface area contributed by atoms with E-state index >= 15 is 0 Å². The molecule has 1 rings (SSSR count). The quantitative estimate of drug-likeness (QED) is 0.718. The van der Waals surface area contributed by atoms with E-state index < -0.39 is 5.79 Å². The van der Waals surface area contributed by atoms with Crippen molar-refractivity contribution in [2.24, 2.45) is 10.8 Å². The minimum absolute atomic E-state index is 0.0437. The van der Waals surface area contributed by atoms with Crippen molar-refractivity contribution in [3.8, 4) is 0 Å². The number of carbonyl (C=O) groups is 1. The molecule has 108 valence electrons. The largest absolute Gasteiger partial charge is 0.346 e. The summed E-state index contributed by atoms with van der Waals surface area (Å²) in [5.74, 6) is -0.906. The maximum atomic E-state index is 12.4. The van der Waals surface area contributed by atoms with Gasteiger partial charge < -0.3 is 9.47 Å². The average molecular weight is 266 g/mol. The second-order valence-electron chi connectivity index (χ2n) is 7.06. The third kappa shape index (κ3) is 2.98. The molecule has 0 N–H and O–H groups in total. The molecular weight excluding hydrogens is 240 g/mol. The predicted molar refractivity (Wildman–Crippen MR) is 76.8 cm³/mol. The van der Waals surface area contributed by atoms with Crippen LogP contribution in [0, 0.1) is 10.8 Å². The van der Waals surface area contributed by atoms with E-state index in [1.54, 1.807) is 20.3 Å². The Hall–Kier alpha value is -0.930. The van der Waals surface area contributed by atoms with Gasteiger partial charge in [-0.2, -0.15) is 0 Å². The highest BCUT2D eigenvalue weighted by Crippen LogP contribution is 2.43. The highest BCUT2D eigenvalue weighted by atomic mass is 16.7. The lowest BCUT2D eigenvalue weighted by molar-refractivity contribution is -0.153. The molecule has 0 radical (unpaired) electrons. The normalized spacial score (nSPS) is 20.1. The Morgan fingerprint density at radius 1 is 0.947 bits per heavy atom. The van der Waals surface area contributed by atoms with Gasteiger partial charge in [0, 0.05) is 25.4 Å². The SMILES string of the molecule is COC1(OC)C=C(C(C)(C)C)C(=O)C=C1C(C)(C)C. The Balaban J connectivity index is 3.46. The molecule has 0 heterocycles. The lowest BCUT2D eigenvalue weighted by Gasteiger charge is -2.41. The summed E-state index contributed by atoms with van der Waals surface area (Å²) in [6.45, 7) is 12.2. The van der Waals surface area contributed by atoms with Crippen LogP contribution in [-0.4, -0.2) is 25.8 Å². The molecule has 1 aliphatic carbocycles. The Morgan fingerprint density at radius 2 is 1.42 bits per heavy atom. The molecule has 0 amide bonds. The van der Waals surface area contributed by atoms with E-state index in [1.165, 1.54) is 0 Å². The van der Waals surface area contributed by atoms with Crippen molar-refractivity contribution in [3.05, 3.63) is 23.3 Å². The van der Waals surface area contributed by atoms with Gasteiger partial charge in [0.25, 0.3) is 0 Å². The van der Waals surface area contributed by atoms with Crippen molar-refractivity contribution >= 4 is 5.78 Å². The predicted octanol–water partition coefficient (Wildman–Crippen LogP) is 3.50. The van der Waals surface area contributed by atoms with Crippen LogP contribution in [0.15, 0.2) is 23.3 Å². The van der Waals surface area contributed by atoms with Crippen LogP contribution in [0.5, 0.6) is 0 Å². The highest BCUT2D eigenvalue weighted by molar-refractivity contribution is 6.06. The van der Waals surface area contributed by atoms with Crippen LogP contribution in [0.1, 0.15) is 41.5 Å². The summed E-state index contributed by atoms with van der Waals surface area (Å²) in [5.41, 5.74) is 1.13. The van der Waals surface area contributed by atoms with Gasteiger partial charge >= 0.3 is 0 Å². The summed E-state index contributed by atoms with van der Waals surface area (Å²) < 4.78 is 11.2.